The number of pyridine rings is 1. The third-order valence-electron chi connectivity index (χ3n) is 13.0. The van der Waals surface area contributed by atoms with Crippen LogP contribution in [0, 0.1) is 12.3 Å². The quantitative estimate of drug-likeness (QED) is 0.166. The molecule has 3 N–H and O–H groups in total. The summed E-state index contributed by atoms with van der Waals surface area (Å²) < 4.78 is 47.0. The van der Waals surface area contributed by atoms with Crippen LogP contribution in [0.5, 0.6) is 0 Å². The van der Waals surface area contributed by atoms with Gasteiger partial charge in [-0.3, -0.25) is 34.6 Å². The second kappa shape index (κ2) is 14.8. The molecule has 316 valence electrons. The number of nitrogens with one attached hydrogen (secondary N) is 3. The molecule has 2 aromatic carbocycles. The Kier molecular flexibility index (Phi) is 9.50. The fourth-order valence-corrected chi connectivity index (χ4v) is 9.45. The number of halogens is 3. The van der Waals surface area contributed by atoms with Gasteiger partial charge in [-0.2, -0.15) is 0 Å². The molecule has 4 aliphatic heterocycles. The second-order valence-electron chi connectivity index (χ2n) is 17.1. The first-order valence-corrected chi connectivity index (χ1v) is 20.8. The highest BCUT2D eigenvalue weighted by Gasteiger charge is 2.62. The van der Waals surface area contributed by atoms with Crippen LogP contribution in [0.25, 0.3) is 16.9 Å². The number of hydrogen-bond acceptors (Lipinski definition) is 10. The predicted molar refractivity (Wildman–Crippen MR) is 223 cm³/mol. The molecule has 5 aliphatic rings. The maximum absolute atomic E-state index is 16.0. The molecule has 10 rings (SSSR count). The van der Waals surface area contributed by atoms with Crippen molar-refractivity contribution >= 4 is 46.4 Å². The Morgan fingerprint density at radius 3 is 2.43 bits per heavy atom. The van der Waals surface area contributed by atoms with E-state index >= 15 is 8.78 Å². The fourth-order valence-electron chi connectivity index (χ4n) is 9.45. The number of aromatic nitrogens is 4. The lowest BCUT2D eigenvalue weighted by Crippen LogP contribution is -2.69. The van der Waals surface area contributed by atoms with Crippen molar-refractivity contribution in [3.05, 3.63) is 94.9 Å². The van der Waals surface area contributed by atoms with E-state index in [2.05, 4.69) is 36.8 Å². The van der Waals surface area contributed by atoms with Crippen LogP contribution in [0.4, 0.5) is 40.8 Å². The van der Waals surface area contributed by atoms with Crippen molar-refractivity contribution in [2.75, 3.05) is 61.4 Å². The molecule has 1 spiro atoms. The molecule has 3 aromatic heterocycles. The lowest BCUT2D eigenvalue weighted by atomic mass is 9.69. The second-order valence-corrected chi connectivity index (χ2v) is 17.1. The van der Waals surface area contributed by atoms with Gasteiger partial charge >= 0.3 is 6.03 Å². The number of anilines is 4. The highest BCUT2D eigenvalue weighted by Crippen LogP contribution is 2.51. The summed E-state index contributed by atoms with van der Waals surface area (Å²) in [6, 6.07) is 16.7. The molecule has 3 saturated heterocycles. The van der Waals surface area contributed by atoms with E-state index in [9.17, 15) is 18.8 Å². The number of carbonyl (C=O) groups excluding carboxylic acids is 3. The Labute approximate surface area is 350 Å². The number of carbonyl (C=O) groups is 3. The first kappa shape index (κ1) is 39.1. The maximum atomic E-state index is 16.0. The summed E-state index contributed by atoms with van der Waals surface area (Å²) in [6.45, 7) is 4.55. The number of rotatable bonds is 10. The summed E-state index contributed by atoms with van der Waals surface area (Å²) in [6.07, 6.45) is 3.92. The van der Waals surface area contributed by atoms with Gasteiger partial charge in [0.15, 0.2) is 17.2 Å². The molecule has 14 nitrogen and oxygen atoms in total. The van der Waals surface area contributed by atoms with E-state index in [1.807, 2.05) is 61.7 Å². The van der Waals surface area contributed by atoms with Crippen LogP contribution < -0.4 is 25.8 Å². The van der Waals surface area contributed by atoms with Crippen LogP contribution in [0.15, 0.2) is 67.0 Å². The van der Waals surface area contributed by atoms with Crippen LogP contribution in [-0.2, 0) is 24.3 Å². The van der Waals surface area contributed by atoms with Crippen molar-refractivity contribution in [2.45, 2.75) is 63.8 Å². The van der Waals surface area contributed by atoms with Crippen LogP contribution in [-0.4, -0.2) is 112 Å². The average Bonchev–Trinajstić information content (AvgIpc) is 3.54. The Hall–Kier alpha value is -6.07. The Balaban J connectivity index is 0.781. The molecule has 0 radical (unpaired) electrons. The highest BCUT2D eigenvalue weighted by molar-refractivity contribution is 6.06. The number of benzene rings is 2. The SMILES string of the molecule is CNc1cc(N2CCc3c(-c4ccc(CN5CC6(CCN(Cc7ccc(C)c(N8CCC(=O)NC8=O)c7)CC6(F)F)C5)cn4)cccc32)nn2c(C(=O)N[C@@H]3C[C@@H]3F)cnc12. The minimum Gasteiger partial charge on any atom is -0.385 e. The summed E-state index contributed by atoms with van der Waals surface area (Å²) >= 11 is 0. The summed E-state index contributed by atoms with van der Waals surface area (Å²) in [5, 5.41) is 13.1. The predicted octanol–water partition coefficient (Wildman–Crippen LogP) is 5.47. The zero-order chi connectivity index (χ0) is 42.2. The smallest absolute Gasteiger partial charge is 0.328 e. The molecule has 17 heteroatoms. The van der Waals surface area contributed by atoms with Crippen LogP contribution >= 0.6 is 0 Å². The van der Waals surface area contributed by atoms with Crippen molar-refractivity contribution in [1.82, 2.24) is 40.0 Å². The first-order valence-electron chi connectivity index (χ1n) is 20.8. The van der Waals surface area contributed by atoms with E-state index in [-0.39, 0.29) is 31.1 Å². The molecule has 7 heterocycles. The highest BCUT2D eigenvalue weighted by atomic mass is 19.3. The number of imidazole rings is 1. The van der Waals surface area contributed by atoms with E-state index < -0.39 is 35.5 Å². The lowest BCUT2D eigenvalue weighted by Gasteiger charge is -2.57. The van der Waals surface area contributed by atoms with Crippen LogP contribution in [0.3, 0.4) is 0 Å². The number of fused-ring (bicyclic) bond motifs is 2. The van der Waals surface area contributed by atoms with Gasteiger partial charge in [-0.15, -0.1) is 5.10 Å². The largest absolute Gasteiger partial charge is 0.385 e. The Morgan fingerprint density at radius 1 is 0.902 bits per heavy atom. The molecule has 1 saturated carbocycles. The van der Waals surface area contributed by atoms with Gasteiger partial charge in [0, 0.05) is 88.4 Å². The van der Waals surface area contributed by atoms with Gasteiger partial charge in [-0.05, 0) is 66.8 Å². The molecule has 0 bridgehead atoms. The number of nitrogens with zero attached hydrogens (tertiary/aromatic N) is 8. The zero-order valence-corrected chi connectivity index (χ0v) is 33.9. The molecule has 4 amide bonds. The normalized spacial score (nSPS) is 22.0. The molecule has 1 aliphatic carbocycles. The summed E-state index contributed by atoms with van der Waals surface area (Å²) in [5.74, 6) is -2.96. The third kappa shape index (κ3) is 7.02. The van der Waals surface area contributed by atoms with Crippen molar-refractivity contribution < 1.29 is 27.6 Å². The number of aryl methyl sites for hydroxylation is 1. The topological polar surface area (TPSA) is 143 Å². The minimum absolute atomic E-state index is 0.214. The number of hydrogen-bond donors (Lipinski definition) is 3. The van der Waals surface area contributed by atoms with Crippen molar-refractivity contribution in [3.8, 4) is 11.3 Å². The number of piperidine rings is 1. The summed E-state index contributed by atoms with van der Waals surface area (Å²) in [7, 11) is 1.78. The maximum Gasteiger partial charge on any atom is 0.328 e. The molecule has 5 aromatic rings. The molecular weight excluding hydrogens is 788 g/mol. The first-order chi connectivity index (χ1) is 29.4. The number of amides is 4. The van der Waals surface area contributed by atoms with Gasteiger partial charge in [0.1, 0.15) is 6.17 Å². The standard InChI is InChI=1S/C44H46F3N11O3/c1-26-6-7-27(16-36(26)57-14-11-39(59)52-42(57)61)21-54-15-12-43(44(46,47)25-54)23-55(24-43)22-28-8-9-32(49-19-28)29-4-3-5-35-30(29)10-13-56(35)38-18-34(48-2)40-50-20-37(58(40)53-38)41(60)51-33-17-31(33)45/h3-9,16,18-20,31,33,48H,10-15,17,21-25H2,1-2H3,(H,51,60)(H,52,59,61)/t31-,33+/m0/s1. The molecular formula is C44H46F3N11O3. The van der Waals surface area contributed by atoms with Gasteiger partial charge in [0.05, 0.1) is 35.6 Å². The van der Waals surface area contributed by atoms with E-state index in [1.54, 1.807) is 11.9 Å². The Morgan fingerprint density at radius 2 is 1.69 bits per heavy atom. The van der Waals surface area contributed by atoms with Crippen LogP contribution in [0.2, 0.25) is 0 Å². The fraction of sp³-hybridized carbons (Fsp3) is 0.409. The van der Waals surface area contributed by atoms with Crippen molar-refractivity contribution in [1.29, 1.82) is 0 Å². The van der Waals surface area contributed by atoms with E-state index in [4.69, 9.17) is 10.1 Å². The Bertz CT molecular complexity index is 2580. The molecule has 2 atom stereocenters. The number of imide groups is 1. The van der Waals surface area contributed by atoms with Gasteiger partial charge in [-0.25, -0.2) is 27.5 Å². The van der Waals surface area contributed by atoms with E-state index in [0.717, 1.165) is 45.6 Å². The van der Waals surface area contributed by atoms with Gasteiger partial charge in [-0.1, -0.05) is 30.3 Å². The molecule has 0 unspecified atom stereocenters. The third-order valence-corrected chi connectivity index (χ3v) is 13.0. The van der Waals surface area contributed by atoms with E-state index in [0.29, 0.717) is 74.9 Å². The van der Waals surface area contributed by atoms with Crippen molar-refractivity contribution in [2.24, 2.45) is 5.41 Å². The number of alkyl halides is 3. The minimum atomic E-state index is -2.87. The van der Waals surface area contributed by atoms with Gasteiger partial charge in [0.2, 0.25) is 5.91 Å². The summed E-state index contributed by atoms with van der Waals surface area (Å²) in [4.78, 5) is 54.0. The van der Waals surface area contributed by atoms with Gasteiger partial charge < -0.3 is 15.5 Å². The molecule has 61 heavy (non-hydrogen) atoms. The van der Waals surface area contributed by atoms with E-state index in [1.165, 1.54) is 15.6 Å². The zero-order valence-electron chi connectivity index (χ0n) is 33.9. The van der Waals surface area contributed by atoms with Gasteiger partial charge in [0.25, 0.3) is 11.8 Å². The lowest BCUT2D eigenvalue weighted by molar-refractivity contribution is -0.227. The average molecular weight is 834 g/mol. The summed E-state index contributed by atoms with van der Waals surface area (Å²) in [5.41, 5.74) is 7.63. The number of urea groups is 1. The monoisotopic (exact) mass is 833 g/mol. The molecule has 4 fully saturated rings. The number of likely N-dealkylation sites (tertiary alicyclic amines) is 2. The van der Waals surface area contributed by atoms with Crippen LogP contribution in [0.1, 0.15) is 52.0 Å². The van der Waals surface area contributed by atoms with Crippen molar-refractivity contribution in [3.63, 3.8) is 0 Å².